The minimum Gasteiger partial charge on any atom is -0.477 e. The van der Waals surface area contributed by atoms with E-state index in [0.717, 1.165) is 17.9 Å². The van der Waals surface area contributed by atoms with Crippen molar-refractivity contribution in [2.45, 2.75) is 25.3 Å². The molecule has 0 aliphatic rings. The highest BCUT2D eigenvalue weighted by Gasteiger charge is 2.24. The summed E-state index contributed by atoms with van der Waals surface area (Å²) in [4.78, 5) is 27.5. The Kier molecular flexibility index (Phi) is 7.51. The van der Waals surface area contributed by atoms with Gasteiger partial charge in [0, 0.05) is 40.6 Å². The van der Waals surface area contributed by atoms with Gasteiger partial charge in [0.25, 0.3) is 0 Å². The molecule has 0 spiro atoms. The van der Waals surface area contributed by atoms with Crippen molar-refractivity contribution < 1.29 is 32.2 Å². The van der Waals surface area contributed by atoms with Gasteiger partial charge in [-0.15, -0.1) is 0 Å². The molecule has 1 unspecified atom stereocenters. The van der Waals surface area contributed by atoms with E-state index in [2.05, 4.69) is 10.3 Å². The van der Waals surface area contributed by atoms with Crippen LogP contribution in [0.3, 0.4) is 0 Å². The first-order valence-corrected chi connectivity index (χ1v) is 13.6. The van der Waals surface area contributed by atoms with Gasteiger partial charge in [0.2, 0.25) is 0 Å². The number of halogens is 1. The Morgan fingerprint density at radius 2 is 1.84 bits per heavy atom. The van der Waals surface area contributed by atoms with Gasteiger partial charge in [0.15, 0.2) is 9.84 Å². The first-order valence-electron chi connectivity index (χ1n) is 11.6. The van der Waals surface area contributed by atoms with Gasteiger partial charge in [-0.25, -0.2) is 22.4 Å². The number of hydrogen-bond acceptors (Lipinski definition) is 6. The van der Waals surface area contributed by atoms with Crippen molar-refractivity contribution in [1.82, 2.24) is 4.98 Å². The average molecular weight is 540 g/mol. The number of aromatic amines is 1. The second-order valence-corrected chi connectivity index (χ2v) is 11.0. The standard InChI is InChI=1S/C27H26FN3O6S/c1-15(37-27(34)30-19-10-6-16(13-29)7-11-19)20-4-3-5-21-23(25(26(32)33)31-24(20)21)17-8-9-18(22(28)12-17)14-38(2,35)36/h3-12,15,31H,13-14,29H2,1-2H3,(H,30,34)(H,32,33). The van der Waals surface area contributed by atoms with Gasteiger partial charge in [0.1, 0.15) is 17.6 Å². The number of amides is 1. The van der Waals surface area contributed by atoms with Crippen molar-refractivity contribution in [2.24, 2.45) is 5.73 Å². The zero-order valence-corrected chi connectivity index (χ0v) is 21.4. The molecule has 5 N–H and O–H groups in total. The number of rotatable bonds is 8. The Hall–Kier alpha value is -4.22. The Labute approximate surface area is 218 Å². The predicted octanol–water partition coefficient (Wildman–Crippen LogP) is 4.99. The van der Waals surface area contributed by atoms with E-state index in [1.54, 1.807) is 49.4 Å². The first kappa shape index (κ1) is 26.8. The number of ether oxygens (including phenoxy) is 1. The number of carboxylic acid groups (broad SMARTS) is 1. The van der Waals surface area contributed by atoms with Crippen molar-refractivity contribution in [3.63, 3.8) is 0 Å². The van der Waals surface area contributed by atoms with Crippen LogP contribution in [0.5, 0.6) is 0 Å². The van der Waals surface area contributed by atoms with Gasteiger partial charge >= 0.3 is 12.1 Å². The number of sulfone groups is 1. The van der Waals surface area contributed by atoms with E-state index in [0.29, 0.717) is 28.7 Å². The summed E-state index contributed by atoms with van der Waals surface area (Å²) in [6.45, 7) is 2.02. The van der Waals surface area contributed by atoms with Gasteiger partial charge in [0.05, 0.1) is 11.3 Å². The Bertz CT molecular complexity index is 1630. The lowest BCUT2D eigenvalue weighted by atomic mass is 9.98. The van der Waals surface area contributed by atoms with Crippen molar-refractivity contribution >= 4 is 38.5 Å². The van der Waals surface area contributed by atoms with Crippen LogP contribution >= 0.6 is 0 Å². The molecule has 38 heavy (non-hydrogen) atoms. The van der Waals surface area contributed by atoms with E-state index in [9.17, 15) is 27.5 Å². The van der Waals surface area contributed by atoms with Crippen LogP contribution in [0.4, 0.5) is 14.9 Å². The SMILES string of the molecule is CC(OC(=O)Nc1ccc(CN)cc1)c1cccc2c(-c3ccc(CS(C)(=O)=O)c(F)c3)c(C(=O)O)[nH]c12. The number of para-hydroxylation sites is 1. The van der Waals surface area contributed by atoms with Crippen molar-refractivity contribution in [2.75, 3.05) is 11.6 Å². The lowest BCUT2D eigenvalue weighted by Crippen LogP contribution is -2.16. The smallest absolute Gasteiger partial charge is 0.412 e. The molecule has 1 heterocycles. The van der Waals surface area contributed by atoms with Crippen LogP contribution in [0, 0.1) is 5.82 Å². The van der Waals surface area contributed by atoms with Crippen LogP contribution in [0.25, 0.3) is 22.0 Å². The van der Waals surface area contributed by atoms with Crippen LogP contribution < -0.4 is 11.1 Å². The van der Waals surface area contributed by atoms with Gasteiger partial charge in [-0.3, -0.25) is 5.32 Å². The van der Waals surface area contributed by atoms with Gasteiger partial charge in [-0.1, -0.05) is 42.5 Å². The van der Waals surface area contributed by atoms with Crippen LogP contribution in [0.1, 0.15) is 40.2 Å². The number of hydrogen-bond donors (Lipinski definition) is 4. The van der Waals surface area contributed by atoms with Crippen LogP contribution in [-0.4, -0.2) is 36.8 Å². The van der Waals surface area contributed by atoms with Crippen LogP contribution in [0.2, 0.25) is 0 Å². The number of carbonyl (C=O) groups excluding carboxylic acids is 1. The van der Waals surface area contributed by atoms with E-state index < -0.39 is 39.6 Å². The largest absolute Gasteiger partial charge is 0.477 e. The fraction of sp³-hybridized carbons (Fsp3) is 0.185. The number of aromatic carboxylic acids is 1. The summed E-state index contributed by atoms with van der Waals surface area (Å²) < 4.78 is 43.5. The van der Waals surface area contributed by atoms with Crippen molar-refractivity contribution in [3.8, 4) is 11.1 Å². The lowest BCUT2D eigenvalue weighted by molar-refractivity contribution is 0.0692. The number of H-pyrrole nitrogens is 1. The number of anilines is 1. The zero-order valence-electron chi connectivity index (χ0n) is 20.6. The van der Waals surface area contributed by atoms with E-state index in [-0.39, 0.29) is 22.4 Å². The first-order chi connectivity index (χ1) is 18.0. The highest BCUT2D eigenvalue weighted by atomic mass is 32.2. The third kappa shape index (κ3) is 5.84. The fourth-order valence-electron chi connectivity index (χ4n) is 4.24. The summed E-state index contributed by atoms with van der Waals surface area (Å²) in [5.41, 5.74) is 8.24. The molecule has 1 amide bonds. The van der Waals surface area contributed by atoms with Crippen molar-refractivity contribution in [1.29, 1.82) is 0 Å². The molecule has 0 aliphatic carbocycles. The second kappa shape index (κ2) is 10.6. The maximum Gasteiger partial charge on any atom is 0.412 e. The Morgan fingerprint density at radius 1 is 1.13 bits per heavy atom. The molecule has 1 atom stereocenters. The van der Waals surface area contributed by atoms with Crippen LogP contribution in [0.15, 0.2) is 60.7 Å². The normalized spacial score (nSPS) is 12.3. The molecule has 0 fully saturated rings. The minimum atomic E-state index is -3.46. The molecule has 1 aromatic heterocycles. The molecule has 198 valence electrons. The molecule has 4 rings (SSSR count). The minimum absolute atomic E-state index is 0.0145. The van der Waals surface area contributed by atoms with Gasteiger partial charge in [-0.2, -0.15) is 0 Å². The molecule has 0 aliphatic heterocycles. The number of benzene rings is 3. The zero-order chi connectivity index (χ0) is 27.6. The van der Waals surface area contributed by atoms with E-state index in [1.807, 2.05) is 0 Å². The lowest BCUT2D eigenvalue weighted by Gasteiger charge is -2.15. The van der Waals surface area contributed by atoms with E-state index in [4.69, 9.17) is 10.5 Å². The highest BCUT2D eigenvalue weighted by Crippen LogP contribution is 2.37. The number of nitrogens with two attached hydrogens (primary N) is 1. The number of fused-ring (bicyclic) bond motifs is 1. The molecular weight excluding hydrogens is 513 g/mol. The molecule has 0 saturated carbocycles. The Morgan fingerprint density at radius 3 is 2.45 bits per heavy atom. The van der Waals surface area contributed by atoms with Crippen molar-refractivity contribution in [3.05, 3.63) is 88.9 Å². The summed E-state index contributed by atoms with van der Waals surface area (Å²) in [5.74, 6) is -2.51. The number of carboxylic acids is 1. The fourth-order valence-corrected chi connectivity index (χ4v) is 5.04. The van der Waals surface area contributed by atoms with Gasteiger partial charge in [-0.05, 0) is 36.2 Å². The monoisotopic (exact) mass is 539 g/mol. The molecule has 9 nitrogen and oxygen atoms in total. The molecule has 11 heteroatoms. The second-order valence-electron chi connectivity index (χ2n) is 8.90. The molecule has 0 bridgehead atoms. The average Bonchev–Trinajstić information content (AvgIpc) is 3.25. The molecule has 0 saturated heterocycles. The molecule has 4 aromatic rings. The predicted molar refractivity (Wildman–Crippen MR) is 142 cm³/mol. The summed E-state index contributed by atoms with van der Waals surface area (Å²) >= 11 is 0. The summed E-state index contributed by atoms with van der Waals surface area (Å²) in [6, 6.07) is 15.9. The third-order valence-corrected chi connectivity index (χ3v) is 6.83. The highest BCUT2D eigenvalue weighted by molar-refractivity contribution is 7.89. The number of carbonyl (C=O) groups is 2. The van der Waals surface area contributed by atoms with E-state index in [1.165, 1.54) is 12.1 Å². The summed E-state index contributed by atoms with van der Waals surface area (Å²) in [7, 11) is -3.46. The maximum absolute atomic E-state index is 14.8. The molecule has 0 radical (unpaired) electrons. The third-order valence-electron chi connectivity index (χ3n) is 6.00. The number of aromatic nitrogens is 1. The molecule has 3 aromatic carbocycles. The summed E-state index contributed by atoms with van der Waals surface area (Å²) in [5, 5.41) is 13.0. The maximum atomic E-state index is 14.8. The number of nitrogens with one attached hydrogen (secondary N) is 2. The Balaban J connectivity index is 1.67. The van der Waals surface area contributed by atoms with E-state index >= 15 is 0 Å². The summed E-state index contributed by atoms with van der Waals surface area (Å²) in [6.07, 6.45) is -0.474. The quantitative estimate of drug-likeness (QED) is 0.246. The van der Waals surface area contributed by atoms with Gasteiger partial charge < -0.3 is 20.6 Å². The topological polar surface area (TPSA) is 152 Å². The van der Waals surface area contributed by atoms with Crippen LogP contribution in [-0.2, 0) is 26.9 Å². The molecular formula is C27H26FN3O6S.